The van der Waals surface area contributed by atoms with E-state index in [2.05, 4.69) is 20.7 Å². The lowest BCUT2D eigenvalue weighted by atomic mass is 10.1. The minimum atomic E-state index is -4.59. The van der Waals surface area contributed by atoms with Crippen molar-refractivity contribution in [3.05, 3.63) is 12.2 Å². The SMILES string of the molecule is CC(NCC(C(N)=NO)C(F)(F)F)c1nncn1C. The number of aryl methyl sites for hydroxylation is 1. The molecule has 1 rings (SSSR count). The number of hydrogen-bond donors (Lipinski definition) is 3. The zero-order valence-electron chi connectivity index (χ0n) is 10.4. The Morgan fingerprint density at radius 2 is 2.26 bits per heavy atom. The van der Waals surface area contributed by atoms with Gasteiger partial charge in [0.05, 0.1) is 6.04 Å². The Morgan fingerprint density at radius 1 is 1.63 bits per heavy atom. The summed E-state index contributed by atoms with van der Waals surface area (Å²) >= 11 is 0. The molecule has 0 aromatic carbocycles. The highest BCUT2D eigenvalue weighted by molar-refractivity contribution is 5.83. The normalized spacial score (nSPS) is 16.4. The maximum atomic E-state index is 12.7. The van der Waals surface area contributed by atoms with Gasteiger partial charge >= 0.3 is 6.18 Å². The van der Waals surface area contributed by atoms with Gasteiger partial charge in [-0.25, -0.2) is 0 Å². The molecule has 0 bridgehead atoms. The standard InChI is InChI=1S/C9H15F3N6O/c1-5(8-16-15-4-18(8)2)14-3-6(7(13)17-19)9(10,11)12/h4-6,14,19H,3H2,1-2H3,(H2,13,17). The van der Waals surface area contributed by atoms with Crippen LogP contribution in [-0.2, 0) is 7.05 Å². The van der Waals surface area contributed by atoms with Crippen LogP contribution in [0.25, 0.3) is 0 Å². The minimum Gasteiger partial charge on any atom is -0.409 e. The summed E-state index contributed by atoms with van der Waals surface area (Å²) in [6.07, 6.45) is -3.15. The van der Waals surface area contributed by atoms with Gasteiger partial charge in [0.25, 0.3) is 0 Å². The molecule has 0 radical (unpaired) electrons. The fourth-order valence-electron chi connectivity index (χ4n) is 1.53. The van der Waals surface area contributed by atoms with Gasteiger partial charge in [-0.3, -0.25) is 0 Å². The van der Waals surface area contributed by atoms with Crippen molar-refractivity contribution in [2.24, 2.45) is 23.9 Å². The Hall–Kier alpha value is -1.84. The number of nitrogens with one attached hydrogen (secondary N) is 1. The van der Waals surface area contributed by atoms with Crippen LogP contribution in [0.5, 0.6) is 0 Å². The minimum absolute atomic E-state index is 0.455. The van der Waals surface area contributed by atoms with Crippen molar-refractivity contribution in [2.45, 2.75) is 19.1 Å². The molecule has 2 unspecified atom stereocenters. The molecular weight excluding hydrogens is 265 g/mol. The van der Waals surface area contributed by atoms with Crippen LogP contribution >= 0.6 is 0 Å². The van der Waals surface area contributed by atoms with Crippen LogP contribution in [0, 0.1) is 5.92 Å². The number of amidine groups is 1. The van der Waals surface area contributed by atoms with Gasteiger partial charge in [-0.1, -0.05) is 5.16 Å². The first-order valence-corrected chi connectivity index (χ1v) is 5.38. The van der Waals surface area contributed by atoms with Crippen LogP contribution in [0.2, 0.25) is 0 Å². The Kier molecular flexibility index (Phi) is 4.70. The van der Waals surface area contributed by atoms with E-state index in [1.807, 2.05) is 0 Å². The molecule has 0 aliphatic carbocycles. The smallest absolute Gasteiger partial charge is 0.400 e. The lowest BCUT2D eigenvalue weighted by Crippen LogP contribution is -2.43. The van der Waals surface area contributed by atoms with E-state index in [1.165, 1.54) is 6.33 Å². The highest BCUT2D eigenvalue weighted by Gasteiger charge is 2.42. The Morgan fingerprint density at radius 3 is 2.68 bits per heavy atom. The Balaban J connectivity index is 2.70. The largest absolute Gasteiger partial charge is 0.409 e. The maximum absolute atomic E-state index is 12.7. The average molecular weight is 280 g/mol. The van der Waals surface area contributed by atoms with Crippen molar-refractivity contribution in [1.29, 1.82) is 0 Å². The predicted octanol–water partition coefficient (Wildman–Crippen LogP) is 0.391. The molecule has 108 valence electrons. The number of nitrogens with zero attached hydrogens (tertiary/aromatic N) is 4. The average Bonchev–Trinajstić information content (AvgIpc) is 2.73. The third kappa shape index (κ3) is 3.81. The van der Waals surface area contributed by atoms with Crippen LogP contribution in [0.15, 0.2) is 11.5 Å². The van der Waals surface area contributed by atoms with Gasteiger partial charge < -0.3 is 20.8 Å². The topological polar surface area (TPSA) is 101 Å². The molecule has 0 saturated heterocycles. The number of oxime groups is 1. The summed E-state index contributed by atoms with van der Waals surface area (Å²) in [7, 11) is 1.68. The van der Waals surface area contributed by atoms with Crippen molar-refractivity contribution in [3.8, 4) is 0 Å². The van der Waals surface area contributed by atoms with Crippen molar-refractivity contribution >= 4 is 5.84 Å². The molecule has 4 N–H and O–H groups in total. The van der Waals surface area contributed by atoms with Crippen molar-refractivity contribution in [1.82, 2.24) is 20.1 Å². The van der Waals surface area contributed by atoms with E-state index < -0.39 is 30.5 Å². The molecule has 0 amide bonds. The molecule has 1 aromatic heterocycles. The van der Waals surface area contributed by atoms with Gasteiger partial charge in [-0.15, -0.1) is 10.2 Å². The zero-order chi connectivity index (χ0) is 14.6. The van der Waals surface area contributed by atoms with E-state index in [0.717, 1.165) is 0 Å². The van der Waals surface area contributed by atoms with Gasteiger partial charge in [0, 0.05) is 13.6 Å². The van der Waals surface area contributed by atoms with Crippen molar-refractivity contribution in [3.63, 3.8) is 0 Å². The molecule has 19 heavy (non-hydrogen) atoms. The molecule has 10 heteroatoms. The number of aromatic nitrogens is 3. The van der Waals surface area contributed by atoms with E-state index in [4.69, 9.17) is 10.9 Å². The summed E-state index contributed by atoms with van der Waals surface area (Å²) in [6, 6.07) is -0.455. The van der Waals surface area contributed by atoms with E-state index >= 15 is 0 Å². The quantitative estimate of drug-likeness (QED) is 0.313. The first kappa shape index (κ1) is 15.2. The summed E-state index contributed by atoms with van der Waals surface area (Å²) in [4.78, 5) is 0. The van der Waals surface area contributed by atoms with Gasteiger partial charge in [0.15, 0.2) is 5.84 Å². The van der Waals surface area contributed by atoms with E-state index in [0.29, 0.717) is 5.82 Å². The van der Waals surface area contributed by atoms with Crippen LogP contribution < -0.4 is 11.1 Å². The van der Waals surface area contributed by atoms with Crippen LogP contribution in [0.4, 0.5) is 13.2 Å². The second-order valence-corrected chi connectivity index (χ2v) is 4.05. The molecule has 1 heterocycles. The molecule has 0 aliphatic rings. The summed E-state index contributed by atoms with van der Waals surface area (Å²) in [5.41, 5.74) is 5.04. The molecule has 0 aliphatic heterocycles. The number of halogens is 3. The zero-order valence-corrected chi connectivity index (χ0v) is 10.4. The monoisotopic (exact) mass is 280 g/mol. The van der Waals surface area contributed by atoms with E-state index in [-0.39, 0.29) is 0 Å². The van der Waals surface area contributed by atoms with Gasteiger partial charge in [-0.05, 0) is 6.92 Å². The number of alkyl halides is 3. The summed E-state index contributed by atoms with van der Waals surface area (Å²) in [6.45, 7) is 1.12. The number of hydrogen-bond acceptors (Lipinski definition) is 5. The Bertz CT molecular complexity index is 443. The lowest BCUT2D eigenvalue weighted by Gasteiger charge is -2.21. The van der Waals surface area contributed by atoms with E-state index in [9.17, 15) is 13.2 Å². The number of nitrogens with two attached hydrogens (primary N) is 1. The first-order chi connectivity index (χ1) is 8.77. The molecule has 0 spiro atoms. The molecule has 2 atom stereocenters. The van der Waals surface area contributed by atoms with Gasteiger partial charge in [0.1, 0.15) is 18.1 Å². The summed E-state index contributed by atoms with van der Waals surface area (Å²) in [5.74, 6) is -2.46. The summed E-state index contributed by atoms with van der Waals surface area (Å²) in [5, 5.41) is 20.8. The van der Waals surface area contributed by atoms with Crippen molar-refractivity contribution < 1.29 is 18.4 Å². The highest BCUT2D eigenvalue weighted by Crippen LogP contribution is 2.26. The fourth-order valence-corrected chi connectivity index (χ4v) is 1.53. The third-order valence-corrected chi connectivity index (χ3v) is 2.63. The molecule has 1 aromatic rings. The first-order valence-electron chi connectivity index (χ1n) is 5.38. The van der Waals surface area contributed by atoms with Gasteiger partial charge in [-0.2, -0.15) is 13.2 Å². The lowest BCUT2D eigenvalue weighted by molar-refractivity contribution is -0.155. The maximum Gasteiger partial charge on any atom is 0.400 e. The fraction of sp³-hybridized carbons (Fsp3) is 0.667. The van der Waals surface area contributed by atoms with Crippen LogP contribution in [-0.4, -0.2) is 38.5 Å². The van der Waals surface area contributed by atoms with Gasteiger partial charge in [0.2, 0.25) is 0 Å². The highest BCUT2D eigenvalue weighted by atomic mass is 19.4. The van der Waals surface area contributed by atoms with Crippen LogP contribution in [0.3, 0.4) is 0 Å². The molecule has 0 fully saturated rings. The summed E-state index contributed by atoms with van der Waals surface area (Å²) < 4.78 is 39.6. The molecular formula is C9H15F3N6O. The molecule has 0 saturated carbocycles. The second kappa shape index (κ2) is 5.87. The Labute approximate surface area is 107 Å². The number of rotatable bonds is 5. The third-order valence-electron chi connectivity index (χ3n) is 2.63. The van der Waals surface area contributed by atoms with Crippen LogP contribution in [0.1, 0.15) is 18.8 Å². The molecule has 7 nitrogen and oxygen atoms in total. The predicted molar refractivity (Wildman–Crippen MR) is 60.4 cm³/mol. The van der Waals surface area contributed by atoms with Crippen molar-refractivity contribution in [2.75, 3.05) is 6.54 Å². The van der Waals surface area contributed by atoms with E-state index in [1.54, 1.807) is 18.5 Å². The second-order valence-electron chi connectivity index (χ2n) is 4.05.